The maximum atomic E-state index is 11.8. The summed E-state index contributed by atoms with van der Waals surface area (Å²) in [6.45, 7) is 4.09. The molecule has 19 heavy (non-hydrogen) atoms. The van der Waals surface area contributed by atoms with Gasteiger partial charge in [-0.3, -0.25) is 9.35 Å². The van der Waals surface area contributed by atoms with Crippen LogP contribution in [0.5, 0.6) is 0 Å². The fraction of sp³-hybridized carbons (Fsp3) is 0.462. The first-order chi connectivity index (χ1) is 8.78. The average molecular weight is 285 g/mol. The quantitative estimate of drug-likeness (QED) is 0.776. The number of hydrogen-bond acceptors (Lipinski definition) is 3. The van der Waals surface area contributed by atoms with Crippen molar-refractivity contribution in [2.45, 2.75) is 20.3 Å². The number of rotatable bonds is 6. The molecule has 0 heterocycles. The van der Waals surface area contributed by atoms with Crippen molar-refractivity contribution in [2.75, 3.05) is 12.3 Å². The van der Waals surface area contributed by atoms with Crippen LogP contribution in [0.3, 0.4) is 0 Å². The molecule has 5 nitrogen and oxygen atoms in total. The van der Waals surface area contributed by atoms with Crippen molar-refractivity contribution < 1.29 is 17.8 Å². The van der Waals surface area contributed by atoms with Crippen LogP contribution in [0.4, 0.5) is 0 Å². The van der Waals surface area contributed by atoms with Gasteiger partial charge < -0.3 is 5.32 Å². The summed E-state index contributed by atoms with van der Waals surface area (Å²) in [5.41, 5.74) is 1.56. The van der Waals surface area contributed by atoms with Crippen LogP contribution in [0.2, 0.25) is 0 Å². The molecule has 0 aliphatic carbocycles. The van der Waals surface area contributed by atoms with Crippen LogP contribution in [-0.2, 0) is 16.5 Å². The molecule has 0 aliphatic rings. The average Bonchev–Trinajstić information content (AvgIpc) is 2.26. The first-order valence-electron chi connectivity index (χ1n) is 6.10. The van der Waals surface area contributed by atoms with E-state index in [-0.39, 0.29) is 12.5 Å². The van der Waals surface area contributed by atoms with E-state index in [1.165, 1.54) is 0 Å². The van der Waals surface area contributed by atoms with Crippen LogP contribution >= 0.6 is 0 Å². The Bertz CT molecular complexity index is 537. The summed E-state index contributed by atoms with van der Waals surface area (Å²) in [6, 6.07) is 7.22. The Labute approximate surface area is 113 Å². The first kappa shape index (κ1) is 15.7. The molecule has 1 aromatic rings. The Balaban J connectivity index is 2.62. The molecule has 106 valence electrons. The van der Waals surface area contributed by atoms with Crippen LogP contribution in [0, 0.1) is 5.92 Å². The van der Waals surface area contributed by atoms with E-state index in [1.807, 2.05) is 6.07 Å². The fourth-order valence-corrected chi connectivity index (χ4v) is 2.07. The molecule has 0 bridgehead atoms. The molecule has 0 saturated heterocycles. The second kappa shape index (κ2) is 6.68. The van der Waals surface area contributed by atoms with E-state index in [4.69, 9.17) is 4.55 Å². The van der Waals surface area contributed by atoms with Gasteiger partial charge in [-0.05, 0) is 30.0 Å². The Morgan fingerprint density at radius 3 is 2.63 bits per heavy atom. The lowest BCUT2D eigenvalue weighted by Crippen LogP contribution is -2.28. The summed E-state index contributed by atoms with van der Waals surface area (Å²) < 4.78 is 29.6. The van der Waals surface area contributed by atoms with Gasteiger partial charge >= 0.3 is 0 Å². The number of carbonyl (C=O) groups excluding carboxylic acids is 1. The second-order valence-corrected chi connectivity index (χ2v) is 6.41. The molecule has 0 radical (unpaired) electrons. The molecule has 0 unspecified atom stereocenters. The van der Waals surface area contributed by atoms with Crippen molar-refractivity contribution in [1.29, 1.82) is 0 Å². The van der Waals surface area contributed by atoms with Crippen molar-refractivity contribution in [1.82, 2.24) is 5.32 Å². The minimum Gasteiger partial charge on any atom is -0.351 e. The van der Waals surface area contributed by atoms with Gasteiger partial charge in [0, 0.05) is 12.1 Å². The zero-order chi connectivity index (χ0) is 14.5. The van der Waals surface area contributed by atoms with E-state index in [0.29, 0.717) is 11.5 Å². The molecule has 1 aromatic carbocycles. The molecule has 6 heteroatoms. The normalized spacial score (nSPS) is 11.6. The summed E-state index contributed by atoms with van der Waals surface area (Å²) in [5, 5.41) is 2.46. The number of carbonyl (C=O) groups is 1. The third-order valence-corrected chi connectivity index (χ3v) is 3.20. The number of hydrogen-bond donors (Lipinski definition) is 2. The molecule has 0 aliphatic heterocycles. The third-order valence-electron chi connectivity index (χ3n) is 2.48. The van der Waals surface area contributed by atoms with Crippen molar-refractivity contribution in [3.63, 3.8) is 0 Å². The summed E-state index contributed by atoms with van der Waals surface area (Å²) in [7, 11) is -4.04. The fourth-order valence-electron chi connectivity index (χ4n) is 1.71. The molecule has 1 amide bonds. The van der Waals surface area contributed by atoms with Crippen molar-refractivity contribution in [3.8, 4) is 0 Å². The molecular formula is C13H19NO4S. The van der Waals surface area contributed by atoms with Crippen LogP contribution in [0.15, 0.2) is 24.3 Å². The summed E-state index contributed by atoms with van der Waals surface area (Å²) >= 11 is 0. The summed E-state index contributed by atoms with van der Waals surface area (Å²) in [5.74, 6) is -0.322. The van der Waals surface area contributed by atoms with Gasteiger partial charge in [0.1, 0.15) is 0 Å². The third kappa shape index (κ3) is 6.35. The molecule has 0 atom stereocenters. The molecule has 0 spiro atoms. The van der Waals surface area contributed by atoms with Gasteiger partial charge in [-0.1, -0.05) is 26.0 Å². The molecule has 0 aromatic heterocycles. The van der Waals surface area contributed by atoms with Gasteiger partial charge in [0.25, 0.3) is 16.0 Å². The lowest BCUT2D eigenvalue weighted by Gasteiger charge is -2.08. The van der Waals surface area contributed by atoms with Crippen molar-refractivity contribution in [2.24, 2.45) is 5.92 Å². The van der Waals surface area contributed by atoms with E-state index in [0.717, 1.165) is 12.0 Å². The van der Waals surface area contributed by atoms with Crippen molar-refractivity contribution >= 4 is 16.0 Å². The number of amides is 1. The summed E-state index contributed by atoms with van der Waals surface area (Å²) in [4.78, 5) is 11.8. The van der Waals surface area contributed by atoms with E-state index < -0.39 is 15.9 Å². The first-order valence-corrected chi connectivity index (χ1v) is 7.71. The van der Waals surface area contributed by atoms with E-state index in [1.54, 1.807) is 18.2 Å². The Kier molecular flexibility index (Phi) is 5.50. The largest absolute Gasteiger partial charge is 0.351 e. The minimum absolute atomic E-state index is 0.105. The van der Waals surface area contributed by atoms with Crippen LogP contribution < -0.4 is 5.32 Å². The minimum atomic E-state index is -4.04. The van der Waals surface area contributed by atoms with Gasteiger partial charge in [-0.2, -0.15) is 8.42 Å². The highest BCUT2D eigenvalue weighted by molar-refractivity contribution is 7.85. The lowest BCUT2D eigenvalue weighted by molar-refractivity contribution is 0.0956. The highest BCUT2D eigenvalue weighted by atomic mass is 32.2. The summed E-state index contributed by atoms with van der Waals surface area (Å²) in [6.07, 6.45) is 0.881. The zero-order valence-electron chi connectivity index (χ0n) is 11.1. The predicted molar refractivity (Wildman–Crippen MR) is 73.7 cm³/mol. The Morgan fingerprint density at radius 2 is 2.05 bits per heavy atom. The number of benzene rings is 1. The predicted octanol–water partition coefficient (Wildman–Crippen LogP) is 1.50. The van der Waals surface area contributed by atoms with Crippen LogP contribution in [0.1, 0.15) is 29.8 Å². The standard InChI is InChI=1S/C13H19NO4S/c1-10(2)8-11-4-3-5-12(9-11)13(15)14-6-7-19(16,17)18/h3-5,9-10H,6-8H2,1-2H3,(H,14,15)(H,16,17,18). The monoisotopic (exact) mass is 285 g/mol. The lowest BCUT2D eigenvalue weighted by atomic mass is 10.0. The molecule has 0 fully saturated rings. The van der Waals surface area contributed by atoms with Crippen LogP contribution in [0.25, 0.3) is 0 Å². The molecular weight excluding hydrogens is 266 g/mol. The van der Waals surface area contributed by atoms with Gasteiger partial charge in [0.05, 0.1) is 5.75 Å². The Hall–Kier alpha value is -1.40. The zero-order valence-corrected chi connectivity index (χ0v) is 11.9. The Morgan fingerprint density at radius 1 is 1.37 bits per heavy atom. The molecule has 1 rings (SSSR count). The highest BCUT2D eigenvalue weighted by Gasteiger charge is 2.09. The highest BCUT2D eigenvalue weighted by Crippen LogP contribution is 2.10. The van der Waals surface area contributed by atoms with E-state index in [9.17, 15) is 13.2 Å². The molecule has 2 N–H and O–H groups in total. The van der Waals surface area contributed by atoms with E-state index in [2.05, 4.69) is 19.2 Å². The second-order valence-electron chi connectivity index (χ2n) is 4.84. The van der Waals surface area contributed by atoms with E-state index >= 15 is 0 Å². The maximum absolute atomic E-state index is 11.8. The van der Waals surface area contributed by atoms with Crippen molar-refractivity contribution in [3.05, 3.63) is 35.4 Å². The number of nitrogens with one attached hydrogen (secondary N) is 1. The van der Waals surface area contributed by atoms with Gasteiger partial charge in [0.15, 0.2) is 0 Å². The van der Waals surface area contributed by atoms with Gasteiger partial charge in [-0.15, -0.1) is 0 Å². The molecule has 0 saturated carbocycles. The SMILES string of the molecule is CC(C)Cc1cccc(C(=O)NCCS(=O)(=O)O)c1. The smallest absolute Gasteiger partial charge is 0.266 e. The van der Waals surface area contributed by atoms with Crippen LogP contribution in [-0.4, -0.2) is 31.2 Å². The topological polar surface area (TPSA) is 83.5 Å². The maximum Gasteiger partial charge on any atom is 0.266 e. The van der Waals surface area contributed by atoms with Gasteiger partial charge in [0.2, 0.25) is 0 Å². The van der Waals surface area contributed by atoms with Gasteiger partial charge in [-0.25, -0.2) is 0 Å².